The molecule has 0 N–H and O–H groups in total. The van der Waals surface area contributed by atoms with E-state index in [-0.39, 0.29) is 5.56 Å². The van der Waals surface area contributed by atoms with E-state index < -0.39 is 11.7 Å². The van der Waals surface area contributed by atoms with Gasteiger partial charge in [-0.05, 0) is 52.9 Å². The summed E-state index contributed by atoms with van der Waals surface area (Å²) in [4.78, 5) is 6.06. The number of benzene rings is 2. The zero-order chi connectivity index (χ0) is 19.7. The highest BCUT2D eigenvalue weighted by Crippen LogP contribution is 2.36. The van der Waals surface area contributed by atoms with Gasteiger partial charge >= 0.3 is 6.18 Å². The number of pyridine rings is 1. The normalized spacial score (nSPS) is 13.7. The number of nitrogens with zero attached hydrogens (tertiary/aromatic N) is 3. The Labute approximate surface area is 160 Å². The number of nitriles is 1. The van der Waals surface area contributed by atoms with Gasteiger partial charge in [0, 0.05) is 31.2 Å². The lowest BCUT2D eigenvalue weighted by Gasteiger charge is -2.31. The average Bonchev–Trinajstić information content (AvgIpc) is 2.72. The van der Waals surface area contributed by atoms with Gasteiger partial charge in [-0.1, -0.05) is 24.3 Å². The monoisotopic (exact) mass is 379 g/mol. The third kappa shape index (κ3) is 3.44. The van der Waals surface area contributed by atoms with Gasteiger partial charge in [0.05, 0.1) is 17.2 Å². The first-order valence-electron chi connectivity index (χ1n) is 8.84. The lowest BCUT2D eigenvalue weighted by atomic mass is 9.94. The molecule has 3 nitrogen and oxygen atoms in total. The fourth-order valence-electron chi connectivity index (χ4n) is 3.55. The summed E-state index contributed by atoms with van der Waals surface area (Å²) in [7, 11) is 0. The number of alkyl halides is 3. The van der Waals surface area contributed by atoms with Gasteiger partial charge in [-0.25, -0.2) is 0 Å². The number of aromatic nitrogens is 1. The molecule has 0 spiro atoms. The summed E-state index contributed by atoms with van der Waals surface area (Å²) in [6.07, 6.45) is -0.267. The molecule has 1 aliphatic heterocycles. The summed E-state index contributed by atoms with van der Waals surface area (Å²) >= 11 is 0. The van der Waals surface area contributed by atoms with Gasteiger partial charge in [0.1, 0.15) is 0 Å². The van der Waals surface area contributed by atoms with E-state index in [2.05, 4.69) is 11.1 Å². The summed E-state index contributed by atoms with van der Waals surface area (Å²) < 4.78 is 39.8. The van der Waals surface area contributed by atoms with Crippen molar-refractivity contribution in [2.24, 2.45) is 0 Å². The number of fused-ring (bicyclic) bond motifs is 1. The van der Waals surface area contributed by atoms with Crippen LogP contribution in [0.1, 0.15) is 22.3 Å². The molecular weight excluding hydrogens is 363 g/mol. The maximum atomic E-state index is 13.3. The van der Waals surface area contributed by atoms with Crippen LogP contribution < -0.4 is 4.90 Å². The largest absolute Gasteiger partial charge is 0.417 e. The molecule has 0 radical (unpaired) electrons. The molecule has 3 aromatic rings. The zero-order valence-corrected chi connectivity index (χ0v) is 14.9. The standard InChI is InChI=1S/C22H16F3N3/c23-22(24,25)21-11-20(6-5-17(21)12-26)28-9-7-16-10-15(3-4-19(16)14-28)18-2-1-8-27-13-18/h1-6,8,10-11,13H,7,9,14H2. The quantitative estimate of drug-likeness (QED) is 0.614. The topological polar surface area (TPSA) is 39.9 Å². The lowest BCUT2D eigenvalue weighted by molar-refractivity contribution is -0.137. The van der Waals surface area contributed by atoms with Crippen molar-refractivity contribution in [3.05, 3.63) is 83.2 Å². The molecule has 1 aromatic heterocycles. The van der Waals surface area contributed by atoms with Crippen LogP contribution in [-0.4, -0.2) is 11.5 Å². The van der Waals surface area contributed by atoms with Crippen LogP contribution in [0.15, 0.2) is 60.9 Å². The average molecular weight is 379 g/mol. The Hall–Kier alpha value is -3.33. The molecule has 0 atom stereocenters. The van der Waals surface area contributed by atoms with E-state index in [1.807, 2.05) is 35.4 Å². The molecule has 0 bridgehead atoms. The van der Waals surface area contributed by atoms with E-state index in [9.17, 15) is 13.2 Å². The lowest BCUT2D eigenvalue weighted by Crippen LogP contribution is -2.30. The maximum Gasteiger partial charge on any atom is 0.417 e. The highest BCUT2D eigenvalue weighted by Gasteiger charge is 2.34. The number of halogens is 3. The van der Waals surface area contributed by atoms with Gasteiger partial charge < -0.3 is 4.90 Å². The Morgan fingerprint density at radius 3 is 2.57 bits per heavy atom. The zero-order valence-electron chi connectivity index (χ0n) is 14.9. The van der Waals surface area contributed by atoms with E-state index in [1.165, 1.54) is 11.6 Å². The van der Waals surface area contributed by atoms with Gasteiger partial charge in [0.2, 0.25) is 0 Å². The highest BCUT2D eigenvalue weighted by molar-refractivity contribution is 5.65. The first kappa shape index (κ1) is 18.1. The van der Waals surface area contributed by atoms with Crippen LogP contribution in [0.4, 0.5) is 18.9 Å². The number of rotatable bonds is 2. The summed E-state index contributed by atoms with van der Waals surface area (Å²) in [5.41, 5.74) is 3.65. The van der Waals surface area contributed by atoms with Crippen molar-refractivity contribution in [1.82, 2.24) is 4.98 Å². The van der Waals surface area contributed by atoms with E-state index in [0.717, 1.165) is 29.2 Å². The molecule has 0 unspecified atom stereocenters. The minimum absolute atomic E-state index is 0.352. The van der Waals surface area contributed by atoms with Crippen molar-refractivity contribution < 1.29 is 13.2 Å². The van der Waals surface area contributed by atoms with Crippen molar-refractivity contribution >= 4 is 5.69 Å². The van der Waals surface area contributed by atoms with Gasteiger partial charge in [-0.2, -0.15) is 18.4 Å². The van der Waals surface area contributed by atoms with Crippen molar-refractivity contribution in [2.45, 2.75) is 19.1 Å². The summed E-state index contributed by atoms with van der Waals surface area (Å²) in [6, 6.07) is 15.6. The second kappa shape index (κ2) is 7.01. The van der Waals surface area contributed by atoms with Gasteiger partial charge in [0.25, 0.3) is 0 Å². The SMILES string of the molecule is N#Cc1ccc(N2CCc3cc(-c4cccnc4)ccc3C2)cc1C(F)(F)F. The van der Waals surface area contributed by atoms with Crippen LogP contribution in [0.25, 0.3) is 11.1 Å². The molecule has 6 heteroatoms. The second-order valence-corrected chi connectivity index (χ2v) is 6.74. The molecule has 0 fully saturated rings. The van der Waals surface area contributed by atoms with Crippen LogP contribution in [0.5, 0.6) is 0 Å². The molecule has 2 aromatic carbocycles. The summed E-state index contributed by atoms with van der Waals surface area (Å²) in [6.45, 7) is 1.15. The van der Waals surface area contributed by atoms with Crippen molar-refractivity contribution in [3.63, 3.8) is 0 Å². The van der Waals surface area contributed by atoms with Crippen LogP contribution in [0.2, 0.25) is 0 Å². The molecule has 140 valence electrons. The fourth-order valence-corrected chi connectivity index (χ4v) is 3.55. The molecule has 2 heterocycles. The van der Waals surface area contributed by atoms with Crippen LogP contribution in [-0.2, 0) is 19.1 Å². The van der Waals surface area contributed by atoms with E-state index in [4.69, 9.17) is 5.26 Å². The molecule has 0 saturated heterocycles. The van der Waals surface area contributed by atoms with E-state index in [0.29, 0.717) is 18.8 Å². The maximum absolute atomic E-state index is 13.3. The Morgan fingerprint density at radius 2 is 1.86 bits per heavy atom. The van der Waals surface area contributed by atoms with Crippen LogP contribution in [0.3, 0.4) is 0 Å². The minimum Gasteiger partial charge on any atom is -0.367 e. The molecule has 1 aliphatic rings. The molecule has 4 rings (SSSR count). The van der Waals surface area contributed by atoms with Gasteiger partial charge in [0.15, 0.2) is 0 Å². The Kier molecular flexibility index (Phi) is 4.52. The van der Waals surface area contributed by atoms with Gasteiger partial charge in [-0.15, -0.1) is 0 Å². The third-order valence-corrected chi connectivity index (χ3v) is 5.01. The summed E-state index contributed by atoms with van der Waals surface area (Å²) in [5.74, 6) is 0. The van der Waals surface area contributed by atoms with Crippen LogP contribution in [0, 0.1) is 11.3 Å². The first-order chi connectivity index (χ1) is 13.5. The minimum atomic E-state index is -4.55. The van der Waals surface area contributed by atoms with Crippen molar-refractivity contribution in [3.8, 4) is 17.2 Å². The van der Waals surface area contributed by atoms with Crippen molar-refractivity contribution in [1.29, 1.82) is 5.26 Å². The highest BCUT2D eigenvalue weighted by atomic mass is 19.4. The van der Waals surface area contributed by atoms with Crippen LogP contribution >= 0.6 is 0 Å². The predicted octanol–water partition coefficient (Wildman–Crippen LogP) is 5.20. The Bertz CT molecular complexity index is 1050. The predicted molar refractivity (Wildman–Crippen MR) is 101 cm³/mol. The second-order valence-electron chi connectivity index (χ2n) is 6.74. The Morgan fingerprint density at radius 1 is 1.00 bits per heavy atom. The van der Waals surface area contributed by atoms with Gasteiger partial charge in [-0.3, -0.25) is 4.98 Å². The molecule has 28 heavy (non-hydrogen) atoms. The molecule has 0 aliphatic carbocycles. The van der Waals surface area contributed by atoms with Crippen molar-refractivity contribution in [2.75, 3.05) is 11.4 Å². The number of anilines is 1. The molecule has 0 saturated carbocycles. The number of hydrogen-bond donors (Lipinski definition) is 0. The smallest absolute Gasteiger partial charge is 0.367 e. The van der Waals surface area contributed by atoms with E-state index >= 15 is 0 Å². The van der Waals surface area contributed by atoms with E-state index in [1.54, 1.807) is 18.3 Å². The number of hydrogen-bond acceptors (Lipinski definition) is 3. The first-order valence-corrected chi connectivity index (χ1v) is 8.84. The Balaban J connectivity index is 1.62. The third-order valence-electron chi connectivity index (χ3n) is 5.01. The molecule has 0 amide bonds. The summed E-state index contributed by atoms with van der Waals surface area (Å²) in [5, 5.41) is 8.97. The molecular formula is C22H16F3N3. The fraction of sp³-hybridized carbons (Fsp3) is 0.182.